The molecule has 1 fully saturated rings. The highest BCUT2D eigenvalue weighted by atomic mass is 32.1. The maximum Gasteiger partial charge on any atom is 0.0798 e. The fourth-order valence-corrected chi connectivity index (χ4v) is 3.53. The van der Waals surface area contributed by atoms with Gasteiger partial charge in [-0.2, -0.15) is 5.10 Å². The van der Waals surface area contributed by atoms with E-state index in [1.54, 1.807) is 11.3 Å². The number of aromatic nitrogens is 3. The first-order valence-corrected chi connectivity index (χ1v) is 7.99. The van der Waals surface area contributed by atoms with Gasteiger partial charge in [0.1, 0.15) is 0 Å². The van der Waals surface area contributed by atoms with Gasteiger partial charge in [0.2, 0.25) is 0 Å². The average molecular weight is 291 g/mol. The van der Waals surface area contributed by atoms with Crippen LogP contribution in [0, 0.1) is 12.8 Å². The van der Waals surface area contributed by atoms with Crippen LogP contribution < -0.4 is 5.32 Å². The second-order valence-corrected chi connectivity index (χ2v) is 6.41. The normalized spacial score (nSPS) is 19.0. The third-order valence-electron chi connectivity index (χ3n) is 3.84. The Labute approximate surface area is 123 Å². The molecular weight excluding hydrogens is 270 g/mol. The van der Waals surface area contributed by atoms with E-state index in [2.05, 4.69) is 38.4 Å². The van der Waals surface area contributed by atoms with E-state index in [9.17, 15) is 0 Å². The Balaban J connectivity index is 1.67. The highest BCUT2D eigenvalue weighted by Gasteiger charge is 2.19. The number of hydrogen-bond donors (Lipinski definition) is 2. The van der Waals surface area contributed by atoms with Crippen LogP contribution in [0.4, 0.5) is 0 Å². The van der Waals surface area contributed by atoms with Crippen LogP contribution in [0.5, 0.6) is 0 Å². The Kier molecular flexibility index (Phi) is 4.44. The van der Waals surface area contributed by atoms with E-state index in [-0.39, 0.29) is 0 Å². The molecule has 5 nitrogen and oxygen atoms in total. The number of nitrogens with zero attached hydrogens (tertiary/aromatic N) is 3. The van der Waals surface area contributed by atoms with E-state index < -0.39 is 0 Å². The van der Waals surface area contributed by atoms with E-state index in [0.717, 1.165) is 44.3 Å². The molecule has 2 N–H and O–H groups in total. The van der Waals surface area contributed by atoms with Crippen molar-refractivity contribution in [1.29, 1.82) is 0 Å². The summed E-state index contributed by atoms with van der Waals surface area (Å²) in [6.07, 6.45) is 3.10. The van der Waals surface area contributed by atoms with Crippen LogP contribution in [0.15, 0.2) is 17.8 Å². The molecule has 108 valence electrons. The molecule has 2 aromatic rings. The molecule has 1 atom stereocenters. The Bertz CT molecular complexity index is 515. The summed E-state index contributed by atoms with van der Waals surface area (Å²) < 4.78 is 0. The topological polar surface area (TPSA) is 56.8 Å². The van der Waals surface area contributed by atoms with Gasteiger partial charge in [0.15, 0.2) is 0 Å². The average Bonchev–Trinajstić information content (AvgIpc) is 3.15. The van der Waals surface area contributed by atoms with Gasteiger partial charge in [-0.05, 0) is 38.4 Å². The fourth-order valence-electron chi connectivity index (χ4n) is 2.72. The maximum atomic E-state index is 4.36. The van der Waals surface area contributed by atoms with Gasteiger partial charge in [-0.3, -0.25) is 10.00 Å². The molecule has 3 heterocycles. The Morgan fingerprint density at radius 3 is 3.05 bits per heavy atom. The standard InChI is InChI=1S/C14H21N5S/c1-11-14(20-10-16-11)9-19(7-12-2-4-15-6-12)8-13-3-5-17-18-13/h3,5,10,12,15H,2,4,6-9H2,1H3,(H,17,18)/t12-/m1/s1. The lowest BCUT2D eigenvalue weighted by molar-refractivity contribution is 0.219. The van der Waals surface area contributed by atoms with Gasteiger partial charge in [-0.1, -0.05) is 0 Å². The molecule has 0 radical (unpaired) electrons. The van der Waals surface area contributed by atoms with E-state index in [1.165, 1.54) is 17.0 Å². The molecule has 1 saturated heterocycles. The van der Waals surface area contributed by atoms with Gasteiger partial charge in [-0.25, -0.2) is 4.98 Å². The molecule has 0 bridgehead atoms. The Morgan fingerprint density at radius 1 is 1.45 bits per heavy atom. The zero-order valence-corrected chi connectivity index (χ0v) is 12.6. The Hall–Kier alpha value is -1.24. The van der Waals surface area contributed by atoms with Crippen molar-refractivity contribution >= 4 is 11.3 Å². The minimum atomic E-state index is 0.756. The largest absolute Gasteiger partial charge is 0.316 e. The molecule has 0 amide bonds. The molecule has 6 heteroatoms. The van der Waals surface area contributed by atoms with Gasteiger partial charge in [-0.15, -0.1) is 11.3 Å². The van der Waals surface area contributed by atoms with Crippen LogP contribution in [0.2, 0.25) is 0 Å². The highest BCUT2D eigenvalue weighted by molar-refractivity contribution is 7.09. The smallest absolute Gasteiger partial charge is 0.0798 e. The number of hydrogen-bond acceptors (Lipinski definition) is 5. The fraction of sp³-hybridized carbons (Fsp3) is 0.571. The van der Waals surface area contributed by atoms with Crippen LogP contribution in [-0.4, -0.2) is 39.7 Å². The zero-order chi connectivity index (χ0) is 13.8. The molecule has 0 unspecified atom stereocenters. The van der Waals surface area contributed by atoms with Crippen molar-refractivity contribution in [3.05, 3.63) is 34.0 Å². The van der Waals surface area contributed by atoms with Gasteiger partial charge < -0.3 is 5.32 Å². The first kappa shape index (κ1) is 13.7. The number of aromatic amines is 1. The SMILES string of the molecule is Cc1ncsc1CN(Cc1ccn[nH]1)C[C@@H]1CCNC1. The van der Waals surface area contributed by atoms with Crippen LogP contribution in [0.25, 0.3) is 0 Å². The van der Waals surface area contributed by atoms with E-state index in [0.29, 0.717) is 0 Å². The second-order valence-electron chi connectivity index (χ2n) is 5.47. The number of nitrogens with one attached hydrogen (secondary N) is 2. The minimum absolute atomic E-state index is 0.756. The van der Waals surface area contributed by atoms with Crippen molar-refractivity contribution in [3.63, 3.8) is 0 Å². The van der Waals surface area contributed by atoms with Crippen molar-refractivity contribution in [2.75, 3.05) is 19.6 Å². The molecule has 20 heavy (non-hydrogen) atoms. The number of thiazole rings is 1. The van der Waals surface area contributed by atoms with Crippen LogP contribution in [0.1, 0.15) is 22.7 Å². The zero-order valence-electron chi connectivity index (χ0n) is 11.8. The van der Waals surface area contributed by atoms with E-state index >= 15 is 0 Å². The van der Waals surface area contributed by atoms with Crippen molar-refractivity contribution in [2.45, 2.75) is 26.4 Å². The summed E-state index contributed by atoms with van der Waals surface area (Å²) in [4.78, 5) is 8.23. The van der Waals surface area contributed by atoms with Crippen LogP contribution in [0.3, 0.4) is 0 Å². The molecule has 1 aliphatic rings. The first-order chi connectivity index (χ1) is 9.81. The van der Waals surface area contributed by atoms with Crippen molar-refractivity contribution in [1.82, 2.24) is 25.4 Å². The van der Waals surface area contributed by atoms with Crippen LogP contribution >= 0.6 is 11.3 Å². The molecule has 1 aliphatic heterocycles. The Morgan fingerprint density at radius 2 is 2.40 bits per heavy atom. The molecule has 3 rings (SSSR count). The molecular formula is C14H21N5S. The summed E-state index contributed by atoms with van der Waals surface area (Å²) in [6, 6.07) is 2.05. The monoisotopic (exact) mass is 291 g/mol. The van der Waals surface area contributed by atoms with Crippen LogP contribution in [-0.2, 0) is 13.1 Å². The predicted octanol–water partition coefficient (Wildman–Crippen LogP) is 1.79. The van der Waals surface area contributed by atoms with Gasteiger partial charge in [0.05, 0.1) is 11.2 Å². The lowest BCUT2D eigenvalue weighted by Crippen LogP contribution is -2.30. The van der Waals surface area contributed by atoms with Gasteiger partial charge >= 0.3 is 0 Å². The number of aryl methyl sites for hydroxylation is 1. The molecule has 0 aromatic carbocycles. The lowest BCUT2D eigenvalue weighted by Gasteiger charge is -2.24. The van der Waals surface area contributed by atoms with E-state index in [4.69, 9.17) is 0 Å². The summed E-state index contributed by atoms with van der Waals surface area (Å²) in [6.45, 7) is 7.42. The third kappa shape index (κ3) is 3.45. The van der Waals surface area contributed by atoms with Crippen molar-refractivity contribution in [2.24, 2.45) is 5.92 Å². The van der Waals surface area contributed by atoms with Gasteiger partial charge in [0.25, 0.3) is 0 Å². The second kappa shape index (κ2) is 6.47. The number of H-pyrrole nitrogens is 1. The summed E-state index contributed by atoms with van der Waals surface area (Å²) >= 11 is 1.75. The van der Waals surface area contributed by atoms with Crippen molar-refractivity contribution < 1.29 is 0 Å². The maximum absolute atomic E-state index is 4.36. The summed E-state index contributed by atoms with van der Waals surface area (Å²) in [5.41, 5.74) is 4.28. The highest BCUT2D eigenvalue weighted by Crippen LogP contribution is 2.19. The lowest BCUT2D eigenvalue weighted by atomic mass is 10.1. The summed E-state index contributed by atoms with van der Waals surface area (Å²) in [7, 11) is 0. The molecule has 0 spiro atoms. The quantitative estimate of drug-likeness (QED) is 0.852. The predicted molar refractivity (Wildman–Crippen MR) is 80.5 cm³/mol. The first-order valence-electron chi connectivity index (χ1n) is 7.11. The summed E-state index contributed by atoms with van der Waals surface area (Å²) in [5.74, 6) is 0.756. The molecule has 0 saturated carbocycles. The molecule has 0 aliphatic carbocycles. The minimum Gasteiger partial charge on any atom is -0.316 e. The van der Waals surface area contributed by atoms with Gasteiger partial charge in [0, 0.05) is 36.4 Å². The van der Waals surface area contributed by atoms with Crippen molar-refractivity contribution in [3.8, 4) is 0 Å². The third-order valence-corrected chi connectivity index (χ3v) is 4.76. The molecule has 2 aromatic heterocycles. The van der Waals surface area contributed by atoms with E-state index in [1.807, 2.05) is 11.7 Å². The summed E-state index contributed by atoms with van der Waals surface area (Å²) in [5, 5.41) is 10.6. The number of rotatable bonds is 6.